The standard InChI is InChI=1S/C11H12FN3OS/c1-6(16)9-5-8(12)3-4-10(9)17-11-13-7(2)14-15-11/h3-6,16H,1-2H3,(H,13,14,15). The molecule has 1 atom stereocenters. The molecule has 1 unspecified atom stereocenters. The Morgan fingerprint density at radius 1 is 1.47 bits per heavy atom. The number of hydrogen-bond acceptors (Lipinski definition) is 4. The molecule has 0 fully saturated rings. The van der Waals surface area contributed by atoms with Crippen molar-refractivity contribution in [2.75, 3.05) is 0 Å². The van der Waals surface area contributed by atoms with Gasteiger partial charge in [-0.05, 0) is 49.4 Å². The minimum absolute atomic E-state index is 0.364. The summed E-state index contributed by atoms with van der Waals surface area (Å²) in [5.74, 6) is 0.352. The number of nitrogens with one attached hydrogen (secondary N) is 1. The molecule has 4 nitrogen and oxygen atoms in total. The Balaban J connectivity index is 2.32. The molecule has 1 heterocycles. The first-order valence-corrected chi connectivity index (χ1v) is 5.92. The minimum Gasteiger partial charge on any atom is -0.389 e. The Kier molecular flexibility index (Phi) is 3.44. The fraction of sp³-hybridized carbons (Fsp3) is 0.273. The van der Waals surface area contributed by atoms with Crippen molar-refractivity contribution < 1.29 is 9.50 Å². The van der Waals surface area contributed by atoms with E-state index in [1.165, 1.54) is 23.9 Å². The topological polar surface area (TPSA) is 61.8 Å². The number of halogens is 1. The molecule has 0 radical (unpaired) electrons. The number of benzene rings is 1. The third kappa shape index (κ3) is 2.83. The first-order chi connectivity index (χ1) is 8.06. The third-order valence-electron chi connectivity index (χ3n) is 2.20. The first-order valence-electron chi connectivity index (χ1n) is 5.10. The van der Waals surface area contributed by atoms with Crippen LogP contribution < -0.4 is 0 Å². The van der Waals surface area contributed by atoms with Crippen molar-refractivity contribution in [3.8, 4) is 0 Å². The Hall–Kier alpha value is -1.40. The molecule has 2 rings (SSSR count). The van der Waals surface area contributed by atoms with Crippen LogP contribution in [0.15, 0.2) is 28.3 Å². The summed E-state index contributed by atoms with van der Waals surface area (Å²) in [5, 5.41) is 16.9. The summed E-state index contributed by atoms with van der Waals surface area (Å²) < 4.78 is 13.1. The van der Waals surface area contributed by atoms with Crippen LogP contribution in [0.25, 0.3) is 0 Å². The second-order valence-corrected chi connectivity index (χ2v) is 4.67. The van der Waals surface area contributed by atoms with E-state index in [2.05, 4.69) is 15.2 Å². The lowest BCUT2D eigenvalue weighted by atomic mass is 10.1. The summed E-state index contributed by atoms with van der Waals surface area (Å²) >= 11 is 1.29. The molecule has 2 N–H and O–H groups in total. The number of aryl methyl sites for hydroxylation is 1. The average Bonchev–Trinajstić information content (AvgIpc) is 2.66. The van der Waals surface area contributed by atoms with Crippen molar-refractivity contribution in [3.63, 3.8) is 0 Å². The number of aliphatic hydroxyl groups is 1. The maximum atomic E-state index is 13.1. The molecule has 0 aliphatic heterocycles. The lowest BCUT2D eigenvalue weighted by molar-refractivity contribution is 0.196. The van der Waals surface area contributed by atoms with Crippen LogP contribution in [0.5, 0.6) is 0 Å². The van der Waals surface area contributed by atoms with Crippen LogP contribution in [0.4, 0.5) is 4.39 Å². The summed E-state index contributed by atoms with van der Waals surface area (Å²) in [4.78, 5) is 4.90. The molecule has 2 aromatic rings. The van der Waals surface area contributed by atoms with Gasteiger partial charge in [-0.25, -0.2) is 9.37 Å². The maximum Gasteiger partial charge on any atom is 0.213 e. The summed E-state index contributed by atoms with van der Waals surface area (Å²) in [7, 11) is 0. The molecule has 90 valence electrons. The van der Waals surface area contributed by atoms with E-state index < -0.39 is 6.10 Å². The van der Waals surface area contributed by atoms with Gasteiger partial charge in [-0.15, -0.1) is 5.10 Å². The molecule has 17 heavy (non-hydrogen) atoms. The van der Waals surface area contributed by atoms with Crippen LogP contribution in [-0.2, 0) is 0 Å². The molecule has 0 spiro atoms. The molecule has 0 saturated carbocycles. The van der Waals surface area contributed by atoms with Crippen LogP contribution in [0.1, 0.15) is 24.4 Å². The Morgan fingerprint density at radius 2 is 2.24 bits per heavy atom. The summed E-state index contributed by atoms with van der Waals surface area (Å²) in [6.07, 6.45) is -0.728. The molecular formula is C11H12FN3OS. The van der Waals surface area contributed by atoms with Gasteiger partial charge in [0.15, 0.2) is 0 Å². The van der Waals surface area contributed by atoms with E-state index >= 15 is 0 Å². The number of aliphatic hydroxyl groups excluding tert-OH is 1. The van der Waals surface area contributed by atoms with Crippen LogP contribution in [0, 0.1) is 12.7 Å². The Morgan fingerprint density at radius 3 is 2.82 bits per heavy atom. The molecule has 1 aromatic carbocycles. The van der Waals surface area contributed by atoms with Gasteiger partial charge < -0.3 is 5.11 Å². The maximum absolute atomic E-state index is 13.1. The zero-order chi connectivity index (χ0) is 12.4. The van der Waals surface area contributed by atoms with Gasteiger partial charge in [0.1, 0.15) is 11.6 Å². The lowest BCUT2D eigenvalue weighted by Crippen LogP contribution is -1.95. The van der Waals surface area contributed by atoms with Gasteiger partial charge in [-0.1, -0.05) is 0 Å². The normalized spacial score (nSPS) is 12.7. The molecule has 1 aromatic heterocycles. The van der Waals surface area contributed by atoms with Crippen molar-refractivity contribution in [1.29, 1.82) is 0 Å². The van der Waals surface area contributed by atoms with E-state index in [4.69, 9.17) is 0 Å². The highest BCUT2D eigenvalue weighted by atomic mass is 32.2. The van der Waals surface area contributed by atoms with Crippen LogP contribution in [0.3, 0.4) is 0 Å². The summed E-state index contributed by atoms with van der Waals surface area (Å²) in [5.41, 5.74) is 0.539. The first kappa shape index (κ1) is 12.1. The highest BCUT2D eigenvalue weighted by molar-refractivity contribution is 7.99. The molecule has 0 saturated heterocycles. The number of hydrogen-bond donors (Lipinski definition) is 2. The van der Waals surface area contributed by atoms with Crippen molar-refractivity contribution in [2.45, 2.75) is 30.0 Å². The van der Waals surface area contributed by atoms with Crippen LogP contribution in [-0.4, -0.2) is 20.3 Å². The van der Waals surface area contributed by atoms with Gasteiger partial charge in [0.25, 0.3) is 0 Å². The number of nitrogens with zero attached hydrogens (tertiary/aromatic N) is 2. The van der Waals surface area contributed by atoms with Gasteiger partial charge in [0.2, 0.25) is 5.16 Å². The van der Waals surface area contributed by atoms with Crippen LogP contribution >= 0.6 is 11.8 Å². The third-order valence-corrected chi connectivity index (χ3v) is 3.16. The second-order valence-electron chi connectivity index (χ2n) is 3.66. The molecule has 0 aliphatic carbocycles. The van der Waals surface area contributed by atoms with E-state index in [0.29, 0.717) is 16.5 Å². The number of aromatic nitrogens is 3. The minimum atomic E-state index is -0.728. The van der Waals surface area contributed by atoms with E-state index in [-0.39, 0.29) is 5.82 Å². The quantitative estimate of drug-likeness (QED) is 0.882. The van der Waals surface area contributed by atoms with Gasteiger partial charge in [-0.2, -0.15) is 0 Å². The highest BCUT2D eigenvalue weighted by Crippen LogP contribution is 2.31. The average molecular weight is 253 g/mol. The van der Waals surface area contributed by atoms with Crippen molar-refractivity contribution >= 4 is 11.8 Å². The SMILES string of the molecule is Cc1nc(Sc2ccc(F)cc2C(C)O)n[nH]1. The van der Waals surface area contributed by atoms with Gasteiger partial charge in [-0.3, -0.25) is 5.10 Å². The molecular weight excluding hydrogens is 241 g/mol. The molecule has 0 bridgehead atoms. The van der Waals surface area contributed by atoms with Gasteiger partial charge in [0.05, 0.1) is 6.10 Å². The number of H-pyrrole nitrogens is 1. The van der Waals surface area contributed by atoms with E-state index in [1.807, 2.05) is 0 Å². The van der Waals surface area contributed by atoms with Crippen molar-refractivity contribution in [1.82, 2.24) is 15.2 Å². The van der Waals surface area contributed by atoms with Gasteiger partial charge >= 0.3 is 0 Å². The predicted molar refractivity (Wildman–Crippen MR) is 62.3 cm³/mol. The van der Waals surface area contributed by atoms with Crippen molar-refractivity contribution in [2.24, 2.45) is 0 Å². The van der Waals surface area contributed by atoms with Gasteiger partial charge in [0, 0.05) is 4.90 Å². The second kappa shape index (κ2) is 4.85. The Bertz CT molecular complexity index is 527. The molecule has 6 heteroatoms. The van der Waals surface area contributed by atoms with E-state index in [0.717, 1.165) is 4.90 Å². The lowest BCUT2D eigenvalue weighted by Gasteiger charge is -2.09. The monoisotopic (exact) mass is 253 g/mol. The molecule has 0 aliphatic rings. The van der Waals surface area contributed by atoms with Crippen LogP contribution in [0.2, 0.25) is 0 Å². The van der Waals surface area contributed by atoms with E-state index in [1.54, 1.807) is 19.9 Å². The zero-order valence-corrected chi connectivity index (χ0v) is 10.3. The highest BCUT2D eigenvalue weighted by Gasteiger charge is 2.12. The smallest absolute Gasteiger partial charge is 0.213 e. The largest absolute Gasteiger partial charge is 0.389 e. The zero-order valence-electron chi connectivity index (χ0n) is 9.44. The Labute approximate surface area is 102 Å². The van der Waals surface area contributed by atoms with Crippen molar-refractivity contribution in [3.05, 3.63) is 35.4 Å². The predicted octanol–water partition coefficient (Wildman–Crippen LogP) is 2.46. The number of aromatic amines is 1. The number of rotatable bonds is 3. The summed E-state index contributed by atoms with van der Waals surface area (Å²) in [6, 6.07) is 4.30. The molecule has 0 amide bonds. The van der Waals surface area contributed by atoms with E-state index in [9.17, 15) is 9.50 Å². The fourth-order valence-electron chi connectivity index (χ4n) is 1.40. The summed E-state index contributed by atoms with van der Waals surface area (Å²) in [6.45, 7) is 3.40. The fourth-order valence-corrected chi connectivity index (χ4v) is 2.36.